The van der Waals surface area contributed by atoms with E-state index in [0.717, 1.165) is 19.3 Å². The van der Waals surface area contributed by atoms with Gasteiger partial charge in [-0.25, -0.2) is 4.79 Å². The zero-order valence-corrected chi connectivity index (χ0v) is 17.8. The lowest BCUT2D eigenvalue weighted by molar-refractivity contribution is -0.174. The number of carbonyl (C=O) groups excluding carboxylic acids is 2. The van der Waals surface area contributed by atoms with Gasteiger partial charge in [0, 0.05) is 17.0 Å². The van der Waals surface area contributed by atoms with Crippen molar-refractivity contribution in [1.29, 1.82) is 0 Å². The zero-order chi connectivity index (χ0) is 21.5. The van der Waals surface area contributed by atoms with Crippen LogP contribution in [0, 0.1) is 22.7 Å². The van der Waals surface area contributed by atoms with E-state index in [1.807, 2.05) is 6.92 Å². The topological polar surface area (TPSA) is 94.1 Å². The number of rotatable bonds is 4. The maximum atomic E-state index is 12.6. The minimum Gasteiger partial charge on any atom is -0.497 e. The average molecular weight is 418 g/mol. The summed E-state index contributed by atoms with van der Waals surface area (Å²) in [7, 11) is 1.59. The Bertz CT molecular complexity index is 810. The average Bonchev–Trinajstić information content (AvgIpc) is 3.12. The fraction of sp³-hybridized carbons (Fsp3) is 0.652. The summed E-state index contributed by atoms with van der Waals surface area (Å²) < 4.78 is 16.5. The van der Waals surface area contributed by atoms with Crippen LogP contribution in [0.5, 0.6) is 5.75 Å². The molecule has 0 aromatic heterocycles. The third-order valence-electron chi connectivity index (χ3n) is 7.90. The van der Waals surface area contributed by atoms with E-state index in [0.29, 0.717) is 24.3 Å². The highest BCUT2D eigenvalue weighted by molar-refractivity contribution is 5.84. The third-order valence-corrected chi connectivity index (χ3v) is 7.90. The highest BCUT2D eigenvalue weighted by Crippen LogP contribution is 2.62. The molecular weight excluding hydrogens is 386 g/mol. The first-order valence-corrected chi connectivity index (χ1v) is 10.7. The summed E-state index contributed by atoms with van der Waals surface area (Å²) in [5.41, 5.74) is -0.0611. The van der Waals surface area contributed by atoms with Crippen LogP contribution in [0.1, 0.15) is 46.0 Å². The van der Waals surface area contributed by atoms with Gasteiger partial charge in [0.1, 0.15) is 18.0 Å². The van der Waals surface area contributed by atoms with E-state index in [1.54, 1.807) is 31.4 Å². The summed E-state index contributed by atoms with van der Waals surface area (Å²) >= 11 is 0. The van der Waals surface area contributed by atoms with Gasteiger partial charge >= 0.3 is 12.1 Å². The number of ether oxygens (including phenoxy) is 3. The van der Waals surface area contributed by atoms with Crippen LogP contribution in [0.25, 0.3) is 0 Å². The Kier molecular flexibility index (Phi) is 5.43. The van der Waals surface area contributed by atoms with Gasteiger partial charge in [0.2, 0.25) is 0 Å². The van der Waals surface area contributed by atoms with Crippen molar-refractivity contribution in [3.8, 4) is 5.75 Å². The van der Waals surface area contributed by atoms with Crippen molar-refractivity contribution in [3.63, 3.8) is 0 Å². The summed E-state index contributed by atoms with van der Waals surface area (Å²) in [6, 6.07) is 7.04. The van der Waals surface area contributed by atoms with Crippen LogP contribution in [0.2, 0.25) is 0 Å². The Morgan fingerprint density at radius 2 is 1.97 bits per heavy atom. The number of esters is 1. The van der Waals surface area contributed by atoms with E-state index < -0.39 is 17.6 Å². The Morgan fingerprint density at radius 3 is 2.63 bits per heavy atom. The SMILES string of the molecule is COc1ccc(NC(=O)O[C@@H]2CC[C@]3(C)[C@H](CC[C@H]4OC(=O)C[C@H]43)[C@]2(C)CO)cc1. The Labute approximate surface area is 177 Å². The molecule has 1 heterocycles. The standard InChI is InChI=1S/C23H31NO6/c1-22-11-10-19(30-21(27)24-14-4-6-15(28-3)7-5-14)23(2,13-25)18(22)9-8-17-16(22)12-20(26)29-17/h4-7,16-19,25H,8-13H2,1-3H3,(H,24,27)/t16-,17-,18+,19-,22+,23+/m1/s1. The van der Waals surface area contributed by atoms with Crippen molar-refractivity contribution in [3.05, 3.63) is 24.3 Å². The van der Waals surface area contributed by atoms with Crippen LogP contribution < -0.4 is 10.1 Å². The number of amides is 1. The van der Waals surface area contributed by atoms with E-state index in [2.05, 4.69) is 12.2 Å². The first-order chi connectivity index (χ1) is 14.3. The monoisotopic (exact) mass is 417 g/mol. The molecule has 6 atom stereocenters. The van der Waals surface area contributed by atoms with Crippen LogP contribution in [-0.2, 0) is 14.3 Å². The molecular formula is C23H31NO6. The lowest BCUT2D eigenvalue weighted by Crippen LogP contribution is -2.59. The van der Waals surface area contributed by atoms with E-state index in [1.165, 1.54) is 0 Å². The Morgan fingerprint density at radius 1 is 1.23 bits per heavy atom. The second kappa shape index (κ2) is 7.76. The second-order valence-corrected chi connectivity index (χ2v) is 9.42. The zero-order valence-electron chi connectivity index (χ0n) is 17.8. The number of methoxy groups -OCH3 is 1. The van der Waals surface area contributed by atoms with E-state index in [4.69, 9.17) is 14.2 Å². The summed E-state index contributed by atoms with van der Waals surface area (Å²) in [6.07, 6.45) is 2.65. The number of fused-ring (bicyclic) bond motifs is 3. The largest absolute Gasteiger partial charge is 0.497 e. The van der Waals surface area contributed by atoms with Crippen molar-refractivity contribution < 1.29 is 28.9 Å². The number of aliphatic hydroxyl groups is 1. The molecule has 30 heavy (non-hydrogen) atoms. The number of hydrogen-bond donors (Lipinski definition) is 2. The molecule has 0 bridgehead atoms. The smallest absolute Gasteiger partial charge is 0.411 e. The van der Waals surface area contributed by atoms with Gasteiger partial charge in [-0.3, -0.25) is 10.1 Å². The second-order valence-electron chi connectivity index (χ2n) is 9.42. The molecule has 1 aliphatic heterocycles. The lowest BCUT2D eigenvalue weighted by atomic mass is 9.46. The molecule has 4 rings (SSSR count). The molecule has 1 aromatic carbocycles. The molecule has 3 aliphatic rings. The molecule has 164 valence electrons. The van der Waals surface area contributed by atoms with Gasteiger partial charge in [-0.05, 0) is 61.3 Å². The van der Waals surface area contributed by atoms with Crippen molar-refractivity contribution in [2.45, 2.75) is 58.2 Å². The van der Waals surface area contributed by atoms with E-state index in [-0.39, 0.29) is 35.9 Å². The molecule has 0 unspecified atom stereocenters. The summed E-state index contributed by atoms with van der Waals surface area (Å²) in [5.74, 6) is 0.912. The molecule has 7 nitrogen and oxygen atoms in total. The van der Waals surface area contributed by atoms with Crippen LogP contribution in [0.4, 0.5) is 10.5 Å². The van der Waals surface area contributed by atoms with E-state index >= 15 is 0 Å². The molecule has 2 N–H and O–H groups in total. The molecule has 2 saturated carbocycles. The van der Waals surface area contributed by atoms with Gasteiger partial charge < -0.3 is 19.3 Å². The molecule has 1 saturated heterocycles. The fourth-order valence-electron chi connectivity index (χ4n) is 6.24. The van der Waals surface area contributed by atoms with Crippen molar-refractivity contribution in [1.82, 2.24) is 0 Å². The van der Waals surface area contributed by atoms with Crippen molar-refractivity contribution in [2.24, 2.45) is 22.7 Å². The first-order valence-electron chi connectivity index (χ1n) is 10.7. The number of benzene rings is 1. The predicted molar refractivity (Wildman–Crippen MR) is 110 cm³/mol. The van der Waals surface area contributed by atoms with Crippen molar-refractivity contribution in [2.75, 3.05) is 19.0 Å². The molecule has 0 radical (unpaired) electrons. The fourth-order valence-corrected chi connectivity index (χ4v) is 6.24. The Balaban J connectivity index is 1.48. The summed E-state index contributed by atoms with van der Waals surface area (Å²) in [4.78, 5) is 24.5. The third kappa shape index (κ3) is 3.43. The van der Waals surface area contributed by atoms with Gasteiger partial charge in [-0.1, -0.05) is 13.8 Å². The Hall–Kier alpha value is -2.28. The van der Waals surface area contributed by atoms with Gasteiger partial charge in [-0.15, -0.1) is 0 Å². The van der Waals surface area contributed by atoms with Gasteiger partial charge in [0.25, 0.3) is 0 Å². The highest BCUT2D eigenvalue weighted by atomic mass is 16.6. The molecule has 2 aliphatic carbocycles. The van der Waals surface area contributed by atoms with Crippen LogP contribution in [0.3, 0.4) is 0 Å². The quantitative estimate of drug-likeness (QED) is 0.725. The minimum absolute atomic E-state index is 0.0162. The van der Waals surface area contributed by atoms with Crippen LogP contribution in [-0.4, -0.2) is 43.1 Å². The summed E-state index contributed by atoms with van der Waals surface area (Å²) in [6.45, 7) is 4.16. The van der Waals surface area contributed by atoms with Crippen LogP contribution in [0.15, 0.2) is 24.3 Å². The number of aliphatic hydroxyl groups excluding tert-OH is 1. The number of carbonyl (C=O) groups is 2. The normalized spacial score (nSPS) is 37.5. The van der Waals surface area contributed by atoms with Gasteiger partial charge in [-0.2, -0.15) is 0 Å². The van der Waals surface area contributed by atoms with Gasteiger partial charge in [0.15, 0.2) is 0 Å². The number of hydrogen-bond acceptors (Lipinski definition) is 6. The minimum atomic E-state index is -0.569. The highest BCUT2D eigenvalue weighted by Gasteiger charge is 2.62. The molecule has 1 amide bonds. The lowest BCUT2D eigenvalue weighted by Gasteiger charge is -2.59. The van der Waals surface area contributed by atoms with E-state index in [9.17, 15) is 14.7 Å². The van der Waals surface area contributed by atoms with Crippen molar-refractivity contribution >= 4 is 17.7 Å². The first kappa shape index (κ1) is 21.0. The van der Waals surface area contributed by atoms with Gasteiger partial charge in [0.05, 0.1) is 20.1 Å². The van der Waals surface area contributed by atoms with Crippen LogP contribution >= 0.6 is 0 Å². The molecule has 1 aromatic rings. The maximum Gasteiger partial charge on any atom is 0.411 e. The number of nitrogens with one attached hydrogen (secondary N) is 1. The molecule has 0 spiro atoms. The number of anilines is 1. The molecule has 7 heteroatoms. The maximum absolute atomic E-state index is 12.6. The molecule has 3 fully saturated rings. The predicted octanol–water partition coefficient (Wildman–Crippen LogP) is 3.75. The summed E-state index contributed by atoms with van der Waals surface area (Å²) in [5, 5.41) is 13.2.